The lowest BCUT2D eigenvalue weighted by Gasteiger charge is -2.18. The number of ether oxygens (including phenoxy) is 5. The Labute approximate surface area is 168 Å². The molecule has 0 aliphatic carbocycles. The lowest BCUT2D eigenvalue weighted by Crippen LogP contribution is -2.27. The Balaban J connectivity index is 3.90. The molecule has 0 rings (SSSR count). The first-order valence-electron chi connectivity index (χ1n) is 10.0. The van der Waals surface area contributed by atoms with Crippen LogP contribution in [-0.2, 0) is 38.1 Å². The highest BCUT2D eigenvalue weighted by Gasteiger charge is 2.10. The number of carbonyl (C=O) groups is 2. The van der Waals surface area contributed by atoms with E-state index < -0.39 is 0 Å². The maximum absolute atomic E-state index is 11.1. The van der Waals surface area contributed by atoms with E-state index >= 15 is 0 Å². The summed E-state index contributed by atoms with van der Waals surface area (Å²) in [5, 5.41) is 0. The summed E-state index contributed by atoms with van der Waals surface area (Å²) in [5.74, 6) is -0.411. The number of hydrogen-bond acceptors (Lipinski definition) is 9. The highest BCUT2D eigenvalue weighted by atomic mass is 16.6. The fraction of sp³-hybridized carbons (Fsp3) is 0.895. The van der Waals surface area contributed by atoms with Gasteiger partial charge in [0.05, 0.1) is 33.0 Å². The molecule has 0 saturated heterocycles. The molecule has 9 heteroatoms. The fourth-order valence-electron chi connectivity index (χ4n) is 1.96. The summed E-state index contributed by atoms with van der Waals surface area (Å²) in [7, 11) is 1.71. The SMILES string of the molecule is CCC(=O)OCCCOCC(COCCCOC(=O)CC)OCCCONC. The third kappa shape index (κ3) is 18.1. The van der Waals surface area contributed by atoms with Gasteiger partial charge in [-0.3, -0.25) is 9.59 Å². The van der Waals surface area contributed by atoms with Crippen LogP contribution < -0.4 is 5.48 Å². The van der Waals surface area contributed by atoms with Gasteiger partial charge in [-0.1, -0.05) is 13.8 Å². The van der Waals surface area contributed by atoms with Gasteiger partial charge in [0.1, 0.15) is 6.10 Å². The van der Waals surface area contributed by atoms with Gasteiger partial charge in [-0.05, 0) is 6.42 Å². The van der Waals surface area contributed by atoms with E-state index in [1.54, 1.807) is 20.9 Å². The van der Waals surface area contributed by atoms with E-state index in [-0.39, 0.29) is 18.0 Å². The Kier molecular flexibility index (Phi) is 19.6. The van der Waals surface area contributed by atoms with Gasteiger partial charge in [-0.25, -0.2) is 5.48 Å². The van der Waals surface area contributed by atoms with Gasteiger partial charge in [-0.15, -0.1) is 0 Å². The first-order valence-corrected chi connectivity index (χ1v) is 10.0. The lowest BCUT2D eigenvalue weighted by atomic mass is 10.4. The molecule has 1 N–H and O–H groups in total. The molecular formula is C19H37NO8. The number of hydroxylamine groups is 1. The Morgan fingerprint density at radius 2 is 1.25 bits per heavy atom. The zero-order valence-electron chi connectivity index (χ0n) is 17.5. The first-order chi connectivity index (χ1) is 13.6. The van der Waals surface area contributed by atoms with Gasteiger partial charge >= 0.3 is 11.9 Å². The van der Waals surface area contributed by atoms with Crippen LogP contribution in [0.2, 0.25) is 0 Å². The highest BCUT2D eigenvalue weighted by Crippen LogP contribution is 2.00. The molecule has 0 heterocycles. The second-order valence-corrected chi connectivity index (χ2v) is 5.90. The first kappa shape index (κ1) is 26.7. The minimum atomic E-state index is -0.206. The van der Waals surface area contributed by atoms with Gasteiger partial charge in [0, 0.05) is 52.6 Å². The molecule has 0 amide bonds. The Morgan fingerprint density at radius 1 is 0.750 bits per heavy atom. The van der Waals surface area contributed by atoms with Crippen LogP contribution in [0.5, 0.6) is 0 Å². The molecule has 0 saturated carbocycles. The number of carbonyl (C=O) groups excluding carboxylic acids is 2. The van der Waals surface area contributed by atoms with E-state index in [1.165, 1.54) is 0 Å². The van der Waals surface area contributed by atoms with Crippen LogP contribution in [0.25, 0.3) is 0 Å². The van der Waals surface area contributed by atoms with Gasteiger partial charge in [-0.2, -0.15) is 0 Å². The van der Waals surface area contributed by atoms with Crippen LogP contribution in [0.3, 0.4) is 0 Å². The third-order valence-corrected chi connectivity index (χ3v) is 3.47. The largest absolute Gasteiger partial charge is 0.466 e. The van der Waals surface area contributed by atoms with Crippen LogP contribution in [0.15, 0.2) is 0 Å². The van der Waals surface area contributed by atoms with Crippen molar-refractivity contribution in [3.05, 3.63) is 0 Å². The number of hydrogen-bond donors (Lipinski definition) is 1. The average Bonchev–Trinajstić information content (AvgIpc) is 2.71. The molecule has 0 aromatic carbocycles. The van der Waals surface area contributed by atoms with Crippen molar-refractivity contribution < 1.29 is 38.1 Å². The van der Waals surface area contributed by atoms with Gasteiger partial charge in [0.2, 0.25) is 0 Å². The second kappa shape index (κ2) is 20.5. The Hall–Kier alpha value is -1.26. The predicted molar refractivity (Wildman–Crippen MR) is 103 cm³/mol. The normalized spacial score (nSPS) is 11.0. The maximum Gasteiger partial charge on any atom is 0.305 e. The molecule has 166 valence electrons. The predicted octanol–water partition coefficient (Wildman–Crippen LogP) is 1.63. The number of esters is 2. The standard InChI is InChI=1S/C19H37NO8/c1-4-18(21)26-12-6-9-23-15-17(25-11-8-14-28-20-3)16-24-10-7-13-27-19(22)5-2/h17,20H,4-16H2,1-3H3. The van der Waals surface area contributed by atoms with E-state index in [1.807, 2.05) is 0 Å². The van der Waals surface area contributed by atoms with Crippen LogP contribution in [0.1, 0.15) is 46.0 Å². The highest BCUT2D eigenvalue weighted by molar-refractivity contribution is 5.69. The quantitative estimate of drug-likeness (QED) is 0.183. The molecule has 0 unspecified atom stereocenters. The summed E-state index contributed by atoms with van der Waals surface area (Å²) in [6.45, 7) is 7.04. The van der Waals surface area contributed by atoms with Gasteiger partial charge in [0.15, 0.2) is 0 Å². The van der Waals surface area contributed by atoms with Crippen molar-refractivity contribution in [2.45, 2.75) is 52.1 Å². The third-order valence-electron chi connectivity index (χ3n) is 3.47. The molecule has 0 aliphatic heterocycles. The lowest BCUT2D eigenvalue weighted by molar-refractivity contribution is -0.144. The molecular weight excluding hydrogens is 370 g/mol. The monoisotopic (exact) mass is 407 g/mol. The zero-order valence-corrected chi connectivity index (χ0v) is 17.5. The van der Waals surface area contributed by atoms with E-state index in [0.717, 1.165) is 6.42 Å². The minimum Gasteiger partial charge on any atom is -0.466 e. The van der Waals surface area contributed by atoms with Crippen molar-refractivity contribution in [3.63, 3.8) is 0 Å². The maximum atomic E-state index is 11.1. The topological polar surface area (TPSA) is 102 Å². The molecule has 0 aromatic heterocycles. The smallest absolute Gasteiger partial charge is 0.305 e. The van der Waals surface area contributed by atoms with Crippen LogP contribution in [0, 0.1) is 0 Å². The zero-order chi connectivity index (χ0) is 20.9. The molecule has 0 radical (unpaired) electrons. The van der Waals surface area contributed by atoms with Crippen LogP contribution in [-0.4, -0.2) is 77.9 Å². The Morgan fingerprint density at radius 3 is 1.71 bits per heavy atom. The summed E-state index contributed by atoms with van der Waals surface area (Å²) in [6.07, 6.45) is 2.57. The number of rotatable bonds is 20. The minimum absolute atomic E-state index is 0.203. The summed E-state index contributed by atoms with van der Waals surface area (Å²) in [6, 6.07) is 0. The molecule has 0 atom stereocenters. The second-order valence-electron chi connectivity index (χ2n) is 5.90. The number of nitrogens with one attached hydrogen (secondary N) is 1. The summed E-state index contributed by atoms with van der Waals surface area (Å²) < 4.78 is 27.0. The molecule has 9 nitrogen and oxygen atoms in total. The van der Waals surface area contributed by atoms with Crippen LogP contribution >= 0.6 is 0 Å². The molecule has 0 spiro atoms. The van der Waals surface area contributed by atoms with Crippen LogP contribution in [0.4, 0.5) is 0 Å². The van der Waals surface area contributed by atoms with Crippen molar-refractivity contribution in [1.82, 2.24) is 5.48 Å². The fourth-order valence-corrected chi connectivity index (χ4v) is 1.96. The summed E-state index contributed by atoms with van der Waals surface area (Å²) >= 11 is 0. The van der Waals surface area contributed by atoms with Gasteiger partial charge < -0.3 is 28.5 Å². The van der Waals surface area contributed by atoms with Crippen molar-refractivity contribution in [1.29, 1.82) is 0 Å². The van der Waals surface area contributed by atoms with Crippen molar-refractivity contribution in [2.75, 3.05) is 59.9 Å². The van der Waals surface area contributed by atoms with E-state index in [4.69, 9.17) is 28.5 Å². The average molecular weight is 408 g/mol. The van der Waals surface area contributed by atoms with Gasteiger partial charge in [0.25, 0.3) is 0 Å². The molecule has 0 aromatic rings. The van der Waals surface area contributed by atoms with E-state index in [0.29, 0.717) is 78.5 Å². The van der Waals surface area contributed by atoms with E-state index in [9.17, 15) is 9.59 Å². The van der Waals surface area contributed by atoms with E-state index in [2.05, 4.69) is 5.48 Å². The van der Waals surface area contributed by atoms with Crippen molar-refractivity contribution in [3.8, 4) is 0 Å². The molecule has 0 aliphatic rings. The molecule has 0 bridgehead atoms. The molecule has 0 fully saturated rings. The molecule has 28 heavy (non-hydrogen) atoms. The van der Waals surface area contributed by atoms with Crippen molar-refractivity contribution >= 4 is 11.9 Å². The Bertz CT molecular complexity index is 353. The summed E-state index contributed by atoms with van der Waals surface area (Å²) in [4.78, 5) is 27.2. The van der Waals surface area contributed by atoms with Crippen molar-refractivity contribution in [2.24, 2.45) is 0 Å². The summed E-state index contributed by atoms with van der Waals surface area (Å²) in [5.41, 5.74) is 2.61.